The summed E-state index contributed by atoms with van der Waals surface area (Å²) in [5.41, 5.74) is 1.18. The van der Waals surface area contributed by atoms with E-state index in [2.05, 4.69) is 26.0 Å². The molecule has 0 radical (unpaired) electrons. The van der Waals surface area contributed by atoms with Crippen molar-refractivity contribution in [2.24, 2.45) is 0 Å². The van der Waals surface area contributed by atoms with Gasteiger partial charge in [0.2, 0.25) is 0 Å². The molecule has 0 fully saturated rings. The fraction of sp³-hybridized carbons (Fsp3) is 0.760. The average molecular weight is 361 g/mol. The molecule has 0 saturated carbocycles. The second kappa shape index (κ2) is 16.2. The Labute approximate surface area is 163 Å². The Bertz CT molecular complexity index is 426. The number of benzene rings is 1. The van der Waals surface area contributed by atoms with Gasteiger partial charge in [-0.05, 0) is 30.4 Å². The van der Waals surface area contributed by atoms with Crippen LogP contribution in [0.4, 0.5) is 0 Å². The monoisotopic (exact) mass is 360 g/mol. The zero-order valence-corrected chi connectivity index (χ0v) is 17.6. The third kappa shape index (κ3) is 10.9. The van der Waals surface area contributed by atoms with Crippen molar-refractivity contribution in [2.45, 2.75) is 122 Å². The largest absolute Gasteiger partial charge is 0.508 e. The Kier molecular flexibility index (Phi) is 14.4. The molecule has 26 heavy (non-hydrogen) atoms. The molecule has 1 heteroatoms. The van der Waals surface area contributed by atoms with E-state index in [9.17, 15) is 5.11 Å². The maximum atomic E-state index is 10.3. The quantitative estimate of drug-likeness (QED) is 0.275. The van der Waals surface area contributed by atoms with Crippen LogP contribution < -0.4 is 0 Å². The first-order valence-corrected chi connectivity index (χ1v) is 11.6. The van der Waals surface area contributed by atoms with Crippen molar-refractivity contribution in [1.29, 1.82) is 0 Å². The molecule has 0 spiro atoms. The summed E-state index contributed by atoms with van der Waals surface area (Å²) in [6.45, 7) is 4.55. The van der Waals surface area contributed by atoms with E-state index < -0.39 is 0 Å². The molecular weight excluding hydrogens is 316 g/mol. The molecule has 150 valence electrons. The van der Waals surface area contributed by atoms with Gasteiger partial charge in [0.15, 0.2) is 0 Å². The number of phenols is 1. The summed E-state index contributed by atoms with van der Waals surface area (Å²) in [5.74, 6) is 1.05. The Balaban J connectivity index is 2.28. The van der Waals surface area contributed by atoms with Crippen LogP contribution >= 0.6 is 0 Å². The lowest BCUT2D eigenvalue weighted by Gasteiger charge is -2.18. The lowest BCUT2D eigenvalue weighted by atomic mass is 9.87. The van der Waals surface area contributed by atoms with E-state index in [0.717, 1.165) is 0 Å². The van der Waals surface area contributed by atoms with Crippen molar-refractivity contribution in [3.8, 4) is 5.75 Å². The van der Waals surface area contributed by atoms with E-state index in [1.807, 2.05) is 12.1 Å². The Morgan fingerprint density at radius 3 is 1.50 bits per heavy atom. The van der Waals surface area contributed by atoms with Crippen LogP contribution in [0.5, 0.6) is 5.75 Å². The van der Waals surface area contributed by atoms with Gasteiger partial charge in [-0.2, -0.15) is 0 Å². The van der Waals surface area contributed by atoms with Crippen LogP contribution in [-0.2, 0) is 0 Å². The van der Waals surface area contributed by atoms with Gasteiger partial charge in [-0.3, -0.25) is 0 Å². The number of unbranched alkanes of at least 4 members (excludes halogenated alkanes) is 12. The highest BCUT2D eigenvalue weighted by atomic mass is 16.3. The third-order valence-electron chi connectivity index (χ3n) is 5.69. The van der Waals surface area contributed by atoms with Gasteiger partial charge in [-0.1, -0.05) is 122 Å². The predicted molar refractivity (Wildman–Crippen MR) is 116 cm³/mol. The van der Waals surface area contributed by atoms with Crippen LogP contribution in [-0.4, -0.2) is 5.11 Å². The van der Waals surface area contributed by atoms with E-state index >= 15 is 0 Å². The topological polar surface area (TPSA) is 20.2 Å². The molecule has 0 heterocycles. The second-order valence-corrected chi connectivity index (χ2v) is 8.08. The SMILES string of the molecule is CCCCCCCCCCCC(CCCCCCC)c1ccccc1O. The van der Waals surface area contributed by atoms with Gasteiger partial charge in [0.25, 0.3) is 0 Å². The first-order valence-electron chi connectivity index (χ1n) is 11.6. The molecule has 0 aliphatic heterocycles. The van der Waals surface area contributed by atoms with Crippen molar-refractivity contribution in [1.82, 2.24) is 0 Å². The number of aromatic hydroxyl groups is 1. The van der Waals surface area contributed by atoms with Gasteiger partial charge in [0.05, 0.1) is 0 Å². The number of hydrogen-bond acceptors (Lipinski definition) is 1. The van der Waals surface area contributed by atoms with Crippen LogP contribution in [0.25, 0.3) is 0 Å². The zero-order valence-electron chi connectivity index (χ0n) is 17.6. The minimum absolute atomic E-state index is 0.502. The molecular formula is C25H44O. The van der Waals surface area contributed by atoms with Crippen LogP contribution in [0.2, 0.25) is 0 Å². The first kappa shape index (κ1) is 23.1. The number of rotatable bonds is 17. The lowest BCUT2D eigenvalue weighted by Crippen LogP contribution is -2.00. The Morgan fingerprint density at radius 1 is 0.615 bits per heavy atom. The third-order valence-corrected chi connectivity index (χ3v) is 5.69. The molecule has 0 saturated heterocycles. The first-order chi connectivity index (χ1) is 12.8. The number of para-hydroxylation sites is 1. The molecule has 1 unspecified atom stereocenters. The molecule has 1 nitrogen and oxygen atoms in total. The van der Waals surface area contributed by atoms with Gasteiger partial charge < -0.3 is 5.11 Å². The normalized spacial score (nSPS) is 12.4. The van der Waals surface area contributed by atoms with Crippen LogP contribution in [0, 0.1) is 0 Å². The van der Waals surface area contributed by atoms with E-state index in [1.54, 1.807) is 0 Å². The van der Waals surface area contributed by atoms with Crippen LogP contribution in [0.1, 0.15) is 128 Å². The van der Waals surface area contributed by atoms with Crippen molar-refractivity contribution < 1.29 is 5.11 Å². The summed E-state index contributed by atoms with van der Waals surface area (Å²) in [5, 5.41) is 10.3. The number of hydrogen-bond donors (Lipinski definition) is 1. The lowest BCUT2D eigenvalue weighted by molar-refractivity contribution is 0.438. The van der Waals surface area contributed by atoms with Crippen LogP contribution in [0.15, 0.2) is 24.3 Å². The molecule has 0 aliphatic carbocycles. The maximum absolute atomic E-state index is 10.3. The zero-order chi connectivity index (χ0) is 18.9. The fourth-order valence-electron chi connectivity index (χ4n) is 3.98. The van der Waals surface area contributed by atoms with Crippen molar-refractivity contribution in [2.75, 3.05) is 0 Å². The van der Waals surface area contributed by atoms with Gasteiger partial charge >= 0.3 is 0 Å². The summed E-state index contributed by atoms with van der Waals surface area (Å²) in [7, 11) is 0. The molecule has 0 aliphatic rings. The predicted octanol–water partition coefficient (Wildman–Crippen LogP) is 8.76. The molecule has 1 N–H and O–H groups in total. The summed E-state index contributed by atoms with van der Waals surface area (Å²) in [6, 6.07) is 8.01. The van der Waals surface area contributed by atoms with E-state index in [-0.39, 0.29) is 0 Å². The fourth-order valence-corrected chi connectivity index (χ4v) is 3.98. The average Bonchev–Trinajstić information content (AvgIpc) is 2.65. The summed E-state index contributed by atoms with van der Waals surface area (Å²) < 4.78 is 0. The highest BCUT2D eigenvalue weighted by Gasteiger charge is 2.14. The molecule has 0 amide bonds. The molecule has 0 aromatic heterocycles. The van der Waals surface area contributed by atoms with Gasteiger partial charge in [-0.25, -0.2) is 0 Å². The smallest absolute Gasteiger partial charge is 0.119 e. The highest BCUT2D eigenvalue weighted by Crippen LogP contribution is 2.33. The van der Waals surface area contributed by atoms with Gasteiger partial charge in [-0.15, -0.1) is 0 Å². The van der Waals surface area contributed by atoms with E-state index in [1.165, 1.54) is 108 Å². The van der Waals surface area contributed by atoms with E-state index in [4.69, 9.17) is 0 Å². The summed E-state index contributed by atoms with van der Waals surface area (Å²) in [4.78, 5) is 0. The second-order valence-electron chi connectivity index (χ2n) is 8.08. The van der Waals surface area contributed by atoms with Crippen molar-refractivity contribution >= 4 is 0 Å². The molecule has 1 aromatic carbocycles. The van der Waals surface area contributed by atoms with E-state index in [0.29, 0.717) is 11.7 Å². The minimum atomic E-state index is 0.502. The summed E-state index contributed by atoms with van der Waals surface area (Å²) in [6.07, 6.45) is 21.6. The standard InChI is InChI=1S/C25H44O/c1-3-5-7-9-10-11-12-14-16-20-23(19-15-13-8-6-4-2)24-21-17-18-22-25(24)26/h17-18,21-23,26H,3-16,19-20H2,1-2H3. The maximum Gasteiger partial charge on any atom is 0.119 e. The van der Waals surface area contributed by atoms with Crippen molar-refractivity contribution in [3.05, 3.63) is 29.8 Å². The van der Waals surface area contributed by atoms with Crippen LogP contribution in [0.3, 0.4) is 0 Å². The molecule has 1 rings (SSSR count). The molecule has 1 atom stereocenters. The Hall–Kier alpha value is -0.980. The highest BCUT2D eigenvalue weighted by molar-refractivity contribution is 5.34. The molecule has 1 aromatic rings. The minimum Gasteiger partial charge on any atom is -0.508 e. The van der Waals surface area contributed by atoms with Gasteiger partial charge in [0.1, 0.15) is 5.75 Å². The number of phenolic OH excluding ortho intramolecular Hbond substituents is 1. The van der Waals surface area contributed by atoms with Gasteiger partial charge in [0, 0.05) is 0 Å². The summed E-state index contributed by atoms with van der Waals surface area (Å²) >= 11 is 0. The Morgan fingerprint density at radius 2 is 1.04 bits per heavy atom. The molecule has 0 bridgehead atoms. The van der Waals surface area contributed by atoms with Crippen molar-refractivity contribution in [3.63, 3.8) is 0 Å².